The predicted octanol–water partition coefficient (Wildman–Crippen LogP) is 2.74. The largest absolute Gasteiger partial charge is 0.377 e. The number of rotatable bonds is 3. The van der Waals surface area contributed by atoms with Gasteiger partial charge in [-0.2, -0.15) is 0 Å². The Labute approximate surface area is 107 Å². The number of benzene rings is 1. The maximum absolute atomic E-state index is 5.67. The van der Waals surface area contributed by atoms with Crippen LogP contribution >= 0.6 is 0 Å². The summed E-state index contributed by atoms with van der Waals surface area (Å²) in [4.78, 5) is 8.33. The zero-order valence-corrected chi connectivity index (χ0v) is 10.8. The van der Waals surface area contributed by atoms with Crippen molar-refractivity contribution < 1.29 is 4.74 Å². The molecule has 0 radical (unpaired) electrons. The van der Waals surface area contributed by atoms with E-state index in [1.807, 2.05) is 38.1 Å². The highest BCUT2D eigenvalue weighted by Gasteiger charge is 2.07. The summed E-state index contributed by atoms with van der Waals surface area (Å²) < 4.78 is 5.32. The van der Waals surface area contributed by atoms with Crippen LogP contribution in [-0.2, 0) is 4.74 Å². The molecule has 1 aromatic carbocycles. The highest BCUT2D eigenvalue weighted by molar-refractivity contribution is 5.61. The Hall–Kier alpha value is -1.94. The third kappa shape index (κ3) is 2.65. The molecule has 0 aliphatic rings. The predicted molar refractivity (Wildman–Crippen MR) is 72.0 cm³/mol. The molecule has 0 fully saturated rings. The van der Waals surface area contributed by atoms with E-state index in [1.165, 1.54) is 0 Å². The maximum atomic E-state index is 5.67. The normalized spacial score (nSPS) is 12.4. The van der Waals surface area contributed by atoms with Crippen LogP contribution in [0.1, 0.15) is 24.3 Å². The van der Waals surface area contributed by atoms with E-state index < -0.39 is 0 Å². The van der Waals surface area contributed by atoms with Gasteiger partial charge in [-0.1, -0.05) is 18.2 Å². The molecule has 1 atom stereocenters. The monoisotopic (exact) mass is 243 g/mol. The Bertz CT molecular complexity index is 534. The molecule has 0 aliphatic heterocycles. The van der Waals surface area contributed by atoms with Crippen molar-refractivity contribution in [3.05, 3.63) is 41.6 Å². The van der Waals surface area contributed by atoms with Crippen LogP contribution in [0.3, 0.4) is 0 Å². The van der Waals surface area contributed by atoms with Gasteiger partial charge in [0.1, 0.15) is 0 Å². The van der Waals surface area contributed by atoms with Crippen LogP contribution in [0.15, 0.2) is 30.3 Å². The molecule has 4 heteroatoms. The molecule has 94 valence electrons. The lowest BCUT2D eigenvalue weighted by atomic mass is 10.0. The van der Waals surface area contributed by atoms with Gasteiger partial charge in [-0.25, -0.2) is 9.97 Å². The standard InChI is InChI=1S/C14H17N3O/c1-9-7-13(17-14(15)16-9)12-6-4-5-11(8-12)10(2)18-3/h4-8,10H,1-3H3,(H2,15,16,17)/t10-/m1/s1. The van der Waals surface area contributed by atoms with E-state index >= 15 is 0 Å². The smallest absolute Gasteiger partial charge is 0.220 e. The summed E-state index contributed by atoms with van der Waals surface area (Å²) in [7, 11) is 1.70. The molecule has 2 rings (SSSR count). The van der Waals surface area contributed by atoms with Crippen molar-refractivity contribution >= 4 is 5.95 Å². The molecular formula is C14H17N3O. The first-order valence-electron chi connectivity index (χ1n) is 5.84. The average molecular weight is 243 g/mol. The van der Waals surface area contributed by atoms with Crippen molar-refractivity contribution in [3.8, 4) is 11.3 Å². The van der Waals surface area contributed by atoms with Gasteiger partial charge in [0.15, 0.2) is 0 Å². The first-order valence-corrected chi connectivity index (χ1v) is 5.84. The Balaban J connectivity index is 2.44. The summed E-state index contributed by atoms with van der Waals surface area (Å²) in [5.74, 6) is 0.301. The molecule has 2 aromatic rings. The summed E-state index contributed by atoms with van der Waals surface area (Å²) in [6.07, 6.45) is 0.0604. The fourth-order valence-corrected chi connectivity index (χ4v) is 1.83. The van der Waals surface area contributed by atoms with E-state index in [4.69, 9.17) is 10.5 Å². The van der Waals surface area contributed by atoms with Gasteiger partial charge in [-0.15, -0.1) is 0 Å². The Kier molecular flexibility index (Phi) is 3.58. The van der Waals surface area contributed by atoms with E-state index in [1.54, 1.807) is 7.11 Å². The van der Waals surface area contributed by atoms with Crippen LogP contribution in [0.25, 0.3) is 11.3 Å². The van der Waals surface area contributed by atoms with Gasteiger partial charge in [-0.05, 0) is 31.5 Å². The van der Waals surface area contributed by atoms with E-state index in [0.717, 1.165) is 22.5 Å². The molecule has 4 nitrogen and oxygen atoms in total. The molecule has 0 bridgehead atoms. The van der Waals surface area contributed by atoms with Crippen LogP contribution in [0.5, 0.6) is 0 Å². The van der Waals surface area contributed by atoms with Crippen molar-refractivity contribution in [2.24, 2.45) is 0 Å². The maximum Gasteiger partial charge on any atom is 0.220 e. The van der Waals surface area contributed by atoms with Gasteiger partial charge >= 0.3 is 0 Å². The molecule has 18 heavy (non-hydrogen) atoms. The number of hydrogen-bond acceptors (Lipinski definition) is 4. The Morgan fingerprint density at radius 1 is 1.22 bits per heavy atom. The third-order valence-electron chi connectivity index (χ3n) is 2.88. The van der Waals surface area contributed by atoms with Gasteiger partial charge in [0.05, 0.1) is 11.8 Å². The molecule has 0 saturated carbocycles. The first-order chi connectivity index (χ1) is 8.60. The van der Waals surface area contributed by atoms with Crippen LogP contribution in [-0.4, -0.2) is 17.1 Å². The van der Waals surface area contributed by atoms with Crippen LogP contribution in [0, 0.1) is 6.92 Å². The highest BCUT2D eigenvalue weighted by Crippen LogP contribution is 2.23. The van der Waals surface area contributed by atoms with Crippen molar-refractivity contribution in [1.29, 1.82) is 0 Å². The SMILES string of the molecule is CO[C@H](C)c1cccc(-c2cc(C)nc(N)n2)c1. The minimum absolute atomic E-state index is 0.0604. The second-order valence-corrected chi connectivity index (χ2v) is 4.26. The first kappa shape index (κ1) is 12.5. The van der Waals surface area contributed by atoms with Gasteiger partial charge in [-0.3, -0.25) is 0 Å². The fourth-order valence-electron chi connectivity index (χ4n) is 1.83. The van der Waals surface area contributed by atoms with Gasteiger partial charge in [0.2, 0.25) is 5.95 Å². The number of aromatic nitrogens is 2. The zero-order valence-electron chi connectivity index (χ0n) is 10.8. The Morgan fingerprint density at radius 2 is 2.00 bits per heavy atom. The number of hydrogen-bond donors (Lipinski definition) is 1. The molecular weight excluding hydrogens is 226 g/mol. The van der Waals surface area contributed by atoms with Crippen molar-refractivity contribution in [2.45, 2.75) is 20.0 Å². The molecule has 0 saturated heterocycles. The molecule has 1 aromatic heterocycles. The van der Waals surface area contributed by atoms with Crippen LogP contribution in [0.4, 0.5) is 5.95 Å². The summed E-state index contributed by atoms with van der Waals surface area (Å²) in [6, 6.07) is 10.0. The number of ether oxygens (including phenoxy) is 1. The molecule has 0 unspecified atom stereocenters. The number of nitrogens with two attached hydrogens (primary N) is 1. The van der Waals surface area contributed by atoms with Gasteiger partial charge in [0, 0.05) is 18.4 Å². The third-order valence-corrected chi connectivity index (χ3v) is 2.88. The second kappa shape index (κ2) is 5.14. The number of methoxy groups -OCH3 is 1. The molecule has 2 N–H and O–H groups in total. The second-order valence-electron chi connectivity index (χ2n) is 4.26. The number of nitrogen functional groups attached to an aromatic ring is 1. The van der Waals surface area contributed by atoms with Crippen molar-refractivity contribution in [2.75, 3.05) is 12.8 Å². The summed E-state index contributed by atoms with van der Waals surface area (Å²) >= 11 is 0. The number of anilines is 1. The van der Waals surface area contributed by atoms with Gasteiger partial charge < -0.3 is 10.5 Å². The van der Waals surface area contributed by atoms with Crippen LogP contribution < -0.4 is 5.73 Å². The highest BCUT2D eigenvalue weighted by atomic mass is 16.5. The van der Waals surface area contributed by atoms with Crippen molar-refractivity contribution in [1.82, 2.24) is 9.97 Å². The summed E-state index contributed by atoms with van der Waals surface area (Å²) in [6.45, 7) is 3.92. The zero-order chi connectivity index (χ0) is 13.1. The molecule has 0 amide bonds. The minimum atomic E-state index is 0.0604. The molecule has 1 heterocycles. The lowest BCUT2D eigenvalue weighted by Crippen LogP contribution is -1.99. The molecule has 0 aliphatic carbocycles. The van der Waals surface area contributed by atoms with Gasteiger partial charge in [0.25, 0.3) is 0 Å². The average Bonchev–Trinajstić information content (AvgIpc) is 2.37. The lowest BCUT2D eigenvalue weighted by molar-refractivity contribution is 0.119. The quantitative estimate of drug-likeness (QED) is 0.900. The summed E-state index contributed by atoms with van der Waals surface area (Å²) in [5, 5.41) is 0. The fraction of sp³-hybridized carbons (Fsp3) is 0.286. The summed E-state index contributed by atoms with van der Waals surface area (Å²) in [5.41, 5.74) is 9.51. The lowest BCUT2D eigenvalue weighted by Gasteiger charge is -2.11. The van der Waals surface area contributed by atoms with E-state index in [-0.39, 0.29) is 6.10 Å². The Morgan fingerprint density at radius 3 is 2.67 bits per heavy atom. The topological polar surface area (TPSA) is 61.0 Å². The van der Waals surface area contributed by atoms with Crippen LogP contribution in [0.2, 0.25) is 0 Å². The van der Waals surface area contributed by atoms with E-state index in [9.17, 15) is 0 Å². The van der Waals surface area contributed by atoms with Crippen molar-refractivity contribution in [3.63, 3.8) is 0 Å². The number of nitrogens with zero attached hydrogens (tertiary/aromatic N) is 2. The minimum Gasteiger partial charge on any atom is -0.377 e. The molecule has 0 spiro atoms. The number of aryl methyl sites for hydroxylation is 1. The van der Waals surface area contributed by atoms with E-state index in [2.05, 4.69) is 16.0 Å². The van der Waals surface area contributed by atoms with E-state index in [0.29, 0.717) is 5.95 Å².